The summed E-state index contributed by atoms with van der Waals surface area (Å²) in [5.74, 6) is -1.95. The van der Waals surface area contributed by atoms with Crippen LogP contribution in [0.25, 0.3) is 0 Å². The second-order valence-corrected chi connectivity index (χ2v) is 10.4. The zero-order chi connectivity index (χ0) is 25.7. The number of hydrazine groups is 1. The van der Waals surface area contributed by atoms with Gasteiger partial charge in [0.25, 0.3) is 11.8 Å². The van der Waals surface area contributed by atoms with E-state index in [9.17, 15) is 22.8 Å². The van der Waals surface area contributed by atoms with Gasteiger partial charge in [0, 0.05) is 0 Å². The number of ether oxygens (including phenoxy) is 1. The molecule has 2 aliphatic rings. The van der Waals surface area contributed by atoms with E-state index >= 15 is 0 Å². The van der Waals surface area contributed by atoms with E-state index in [1.807, 2.05) is 6.92 Å². The summed E-state index contributed by atoms with van der Waals surface area (Å²) >= 11 is 0. The van der Waals surface area contributed by atoms with Gasteiger partial charge >= 0.3 is 5.97 Å². The van der Waals surface area contributed by atoms with Crippen molar-refractivity contribution in [3.05, 3.63) is 101 Å². The molecule has 2 amide bonds. The molecular weight excluding hydrogens is 482 g/mol. The normalized spacial score (nSPS) is 21.7. The van der Waals surface area contributed by atoms with Gasteiger partial charge in [0.2, 0.25) is 10.0 Å². The fourth-order valence-electron chi connectivity index (χ4n) is 4.57. The lowest BCUT2D eigenvalue weighted by Gasteiger charge is -2.29. The maximum absolute atomic E-state index is 13.4. The zero-order valence-corrected chi connectivity index (χ0v) is 20.4. The predicted octanol–water partition coefficient (Wildman–Crippen LogP) is 2.45. The van der Waals surface area contributed by atoms with Crippen LogP contribution < -0.4 is 4.72 Å². The van der Waals surface area contributed by atoms with Gasteiger partial charge in [-0.15, -0.1) is 0 Å². The molecule has 0 aromatic heterocycles. The van der Waals surface area contributed by atoms with Gasteiger partial charge in [-0.1, -0.05) is 60.2 Å². The van der Waals surface area contributed by atoms with Gasteiger partial charge in [0.15, 0.2) is 5.54 Å². The summed E-state index contributed by atoms with van der Waals surface area (Å²) in [5.41, 5.74) is 0.118. The Kier molecular flexibility index (Phi) is 5.74. The summed E-state index contributed by atoms with van der Waals surface area (Å²) in [6.07, 6.45) is 0. The maximum Gasteiger partial charge on any atom is 0.331 e. The van der Waals surface area contributed by atoms with Gasteiger partial charge in [0.1, 0.15) is 0 Å². The third kappa shape index (κ3) is 3.70. The Labute approximate surface area is 208 Å². The molecule has 1 unspecified atom stereocenters. The molecule has 5 rings (SSSR count). The largest absolute Gasteiger partial charge is 0.467 e. The van der Waals surface area contributed by atoms with E-state index < -0.39 is 39.4 Å². The molecule has 10 heteroatoms. The number of amides is 2. The van der Waals surface area contributed by atoms with Crippen molar-refractivity contribution >= 4 is 27.8 Å². The first-order chi connectivity index (χ1) is 17.2. The number of hydrogen-bond acceptors (Lipinski definition) is 7. The second kappa shape index (κ2) is 8.66. The van der Waals surface area contributed by atoms with Crippen LogP contribution in [-0.4, -0.2) is 55.4 Å². The molecule has 0 bridgehead atoms. The van der Waals surface area contributed by atoms with Crippen LogP contribution in [0.2, 0.25) is 0 Å². The summed E-state index contributed by atoms with van der Waals surface area (Å²) in [4.78, 5) is 39.6. The van der Waals surface area contributed by atoms with Crippen LogP contribution in [0.5, 0.6) is 0 Å². The SMILES string of the molecule is COC(=O)[C@]1([C@H](NS(=O)(=O)c2ccc(C)cc2)c2ccccc2)CN1N1C(=O)c2ccccc2C1=O. The highest BCUT2D eigenvalue weighted by Gasteiger charge is 2.70. The zero-order valence-electron chi connectivity index (χ0n) is 19.5. The van der Waals surface area contributed by atoms with E-state index in [0.717, 1.165) is 10.6 Å². The minimum absolute atomic E-state index is 0.0157. The molecule has 1 fully saturated rings. The third-order valence-corrected chi connectivity index (χ3v) is 7.95. The number of carbonyl (C=O) groups excluding carboxylic acids is 3. The standard InChI is InChI=1S/C26H23N3O6S/c1-17-12-14-19(15-13-17)36(33,34)27-22(18-8-4-3-5-9-18)26(25(32)35-2)16-28(26)29-23(30)20-10-6-7-11-21(20)24(29)31/h3-15,22,27H,16H2,1-2H3/t22-,26-,28?/m1/s1. The maximum atomic E-state index is 13.4. The van der Waals surface area contributed by atoms with Crippen LogP contribution in [0.15, 0.2) is 83.8 Å². The Hall–Kier alpha value is -3.86. The molecule has 1 N–H and O–H groups in total. The number of rotatable bonds is 7. The van der Waals surface area contributed by atoms with E-state index in [1.165, 1.54) is 36.4 Å². The highest BCUT2D eigenvalue weighted by molar-refractivity contribution is 7.89. The van der Waals surface area contributed by atoms with Crippen molar-refractivity contribution in [1.82, 2.24) is 14.7 Å². The molecule has 3 aromatic carbocycles. The van der Waals surface area contributed by atoms with Gasteiger partial charge in [-0.05, 0) is 36.8 Å². The van der Waals surface area contributed by atoms with Gasteiger partial charge in [-0.2, -0.15) is 5.01 Å². The Bertz CT molecular complexity index is 1440. The topological polar surface area (TPSA) is 113 Å². The Morgan fingerprint density at radius 1 is 0.917 bits per heavy atom. The average Bonchev–Trinajstić information content (AvgIpc) is 3.57. The van der Waals surface area contributed by atoms with Crippen LogP contribution in [-0.2, 0) is 19.6 Å². The monoisotopic (exact) mass is 505 g/mol. The molecule has 184 valence electrons. The number of esters is 1. The molecule has 0 radical (unpaired) electrons. The molecule has 3 aromatic rings. The van der Waals surface area contributed by atoms with Gasteiger partial charge in [-0.25, -0.2) is 22.9 Å². The fraction of sp³-hybridized carbons (Fsp3) is 0.192. The quantitative estimate of drug-likeness (QED) is 0.298. The number of carbonyl (C=O) groups is 3. The fourth-order valence-corrected chi connectivity index (χ4v) is 5.84. The number of nitrogens with one attached hydrogen (secondary N) is 1. The molecule has 9 nitrogen and oxygen atoms in total. The Balaban J connectivity index is 1.59. The number of hydrogen-bond donors (Lipinski definition) is 1. The summed E-state index contributed by atoms with van der Waals surface area (Å²) in [7, 11) is -2.93. The average molecular weight is 506 g/mol. The molecule has 0 saturated carbocycles. The summed E-state index contributed by atoms with van der Waals surface area (Å²) < 4.78 is 34.6. The molecule has 3 atom stereocenters. The number of benzene rings is 3. The lowest BCUT2D eigenvalue weighted by atomic mass is 9.93. The number of fused-ring (bicyclic) bond motifs is 1. The molecule has 0 aliphatic carbocycles. The van der Waals surface area contributed by atoms with Gasteiger partial charge < -0.3 is 4.74 Å². The van der Waals surface area contributed by atoms with Crippen molar-refractivity contribution in [2.24, 2.45) is 0 Å². The molecule has 36 heavy (non-hydrogen) atoms. The first-order valence-corrected chi connectivity index (χ1v) is 12.7. The highest BCUT2D eigenvalue weighted by Crippen LogP contribution is 2.48. The van der Waals surface area contributed by atoms with E-state index in [1.54, 1.807) is 54.6 Å². The van der Waals surface area contributed by atoms with Crippen molar-refractivity contribution in [1.29, 1.82) is 0 Å². The highest BCUT2D eigenvalue weighted by atomic mass is 32.2. The van der Waals surface area contributed by atoms with E-state index in [0.29, 0.717) is 5.56 Å². The number of sulfonamides is 1. The lowest BCUT2D eigenvalue weighted by Crippen LogP contribution is -2.50. The Morgan fingerprint density at radius 2 is 1.47 bits per heavy atom. The minimum Gasteiger partial charge on any atom is -0.467 e. The molecule has 2 heterocycles. The van der Waals surface area contributed by atoms with E-state index in [2.05, 4.69) is 4.72 Å². The van der Waals surface area contributed by atoms with Crippen LogP contribution in [0.4, 0.5) is 0 Å². The summed E-state index contributed by atoms with van der Waals surface area (Å²) in [5, 5.41) is 2.18. The van der Waals surface area contributed by atoms with Crippen LogP contribution in [0.1, 0.15) is 37.9 Å². The smallest absolute Gasteiger partial charge is 0.331 e. The first-order valence-electron chi connectivity index (χ1n) is 11.2. The van der Waals surface area contributed by atoms with Gasteiger partial charge in [-0.3, -0.25) is 9.59 Å². The molecular formula is C26H23N3O6S. The number of nitrogens with zero attached hydrogens (tertiary/aromatic N) is 2. The third-order valence-electron chi connectivity index (χ3n) is 6.52. The molecule has 1 saturated heterocycles. The number of methoxy groups -OCH3 is 1. The Morgan fingerprint density at radius 3 is 2.03 bits per heavy atom. The van der Waals surface area contributed by atoms with Crippen molar-refractivity contribution in [2.45, 2.75) is 23.4 Å². The lowest BCUT2D eigenvalue weighted by molar-refractivity contribution is -0.147. The van der Waals surface area contributed by atoms with Crippen LogP contribution in [0, 0.1) is 6.92 Å². The van der Waals surface area contributed by atoms with Crippen molar-refractivity contribution in [3.8, 4) is 0 Å². The summed E-state index contributed by atoms with van der Waals surface area (Å²) in [6.45, 7) is 1.73. The summed E-state index contributed by atoms with van der Waals surface area (Å²) in [6, 6.07) is 20.0. The number of imide groups is 1. The number of aryl methyl sites for hydroxylation is 1. The predicted molar refractivity (Wildman–Crippen MR) is 129 cm³/mol. The van der Waals surface area contributed by atoms with Crippen molar-refractivity contribution in [3.63, 3.8) is 0 Å². The van der Waals surface area contributed by atoms with Crippen LogP contribution in [0.3, 0.4) is 0 Å². The van der Waals surface area contributed by atoms with Crippen LogP contribution >= 0.6 is 0 Å². The van der Waals surface area contributed by atoms with Crippen molar-refractivity contribution < 1.29 is 27.5 Å². The van der Waals surface area contributed by atoms with Gasteiger partial charge in [0.05, 0.1) is 35.7 Å². The molecule has 2 aliphatic heterocycles. The first kappa shape index (κ1) is 23.9. The van der Waals surface area contributed by atoms with E-state index in [4.69, 9.17) is 4.74 Å². The van der Waals surface area contributed by atoms with E-state index in [-0.39, 0.29) is 22.6 Å². The van der Waals surface area contributed by atoms with Crippen molar-refractivity contribution in [2.75, 3.05) is 13.7 Å². The minimum atomic E-state index is -4.11. The molecule has 0 spiro atoms. The second-order valence-electron chi connectivity index (χ2n) is 8.72.